The standard InChI is InChI=1S/C15H16FNOS/c1-10-7-13(16)4-3-12(10)9-19(18)15-6-5-14(17)8-11(15)2/h3-8H,9,17H2,1-2H3. The fourth-order valence-electron chi connectivity index (χ4n) is 1.97. The summed E-state index contributed by atoms with van der Waals surface area (Å²) in [5.41, 5.74) is 8.98. The molecule has 1 unspecified atom stereocenters. The first kappa shape index (κ1) is 13.7. The summed E-state index contributed by atoms with van der Waals surface area (Å²) in [6, 6.07) is 9.90. The topological polar surface area (TPSA) is 43.1 Å². The average Bonchev–Trinajstić information content (AvgIpc) is 2.32. The Balaban J connectivity index is 2.25. The molecular formula is C15H16FNOS. The van der Waals surface area contributed by atoms with Crippen molar-refractivity contribution in [3.05, 3.63) is 58.9 Å². The number of aryl methyl sites for hydroxylation is 2. The Hall–Kier alpha value is -1.68. The highest BCUT2D eigenvalue weighted by Crippen LogP contribution is 2.20. The lowest BCUT2D eigenvalue weighted by molar-refractivity contribution is 0.626. The zero-order valence-electron chi connectivity index (χ0n) is 10.9. The second-order valence-electron chi connectivity index (χ2n) is 4.59. The van der Waals surface area contributed by atoms with Crippen molar-refractivity contribution in [2.24, 2.45) is 0 Å². The second-order valence-corrected chi connectivity index (χ2v) is 6.01. The predicted octanol–water partition coefficient (Wildman–Crippen LogP) is 3.33. The molecule has 0 heterocycles. The van der Waals surface area contributed by atoms with Gasteiger partial charge in [0.1, 0.15) is 5.82 Å². The van der Waals surface area contributed by atoms with E-state index in [9.17, 15) is 8.60 Å². The third-order valence-electron chi connectivity index (χ3n) is 3.04. The number of benzene rings is 2. The van der Waals surface area contributed by atoms with E-state index in [1.807, 2.05) is 19.9 Å². The van der Waals surface area contributed by atoms with E-state index >= 15 is 0 Å². The minimum Gasteiger partial charge on any atom is -0.399 e. The van der Waals surface area contributed by atoms with Gasteiger partial charge in [0.15, 0.2) is 0 Å². The maximum absolute atomic E-state index is 13.0. The lowest BCUT2D eigenvalue weighted by atomic mass is 10.1. The van der Waals surface area contributed by atoms with Gasteiger partial charge >= 0.3 is 0 Å². The average molecular weight is 277 g/mol. The second kappa shape index (κ2) is 5.53. The molecule has 0 aliphatic heterocycles. The molecule has 0 bridgehead atoms. The predicted molar refractivity (Wildman–Crippen MR) is 76.8 cm³/mol. The molecule has 19 heavy (non-hydrogen) atoms. The van der Waals surface area contributed by atoms with E-state index < -0.39 is 10.8 Å². The van der Waals surface area contributed by atoms with Crippen molar-refractivity contribution >= 4 is 16.5 Å². The van der Waals surface area contributed by atoms with E-state index in [1.54, 1.807) is 18.2 Å². The molecule has 100 valence electrons. The SMILES string of the molecule is Cc1cc(F)ccc1CS(=O)c1ccc(N)cc1C. The number of hydrogen-bond donors (Lipinski definition) is 1. The minimum atomic E-state index is -1.15. The zero-order chi connectivity index (χ0) is 14.0. The van der Waals surface area contributed by atoms with Crippen LogP contribution in [0.4, 0.5) is 10.1 Å². The van der Waals surface area contributed by atoms with E-state index in [0.717, 1.165) is 21.6 Å². The van der Waals surface area contributed by atoms with Gasteiger partial charge in [0.05, 0.1) is 16.6 Å². The first-order valence-electron chi connectivity index (χ1n) is 5.97. The summed E-state index contributed by atoms with van der Waals surface area (Å²) in [4.78, 5) is 0.776. The summed E-state index contributed by atoms with van der Waals surface area (Å²) >= 11 is 0. The lowest BCUT2D eigenvalue weighted by Gasteiger charge is -2.09. The van der Waals surface area contributed by atoms with Crippen LogP contribution < -0.4 is 5.73 Å². The van der Waals surface area contributed by atoms with E-state index in [4.69, 9.17) is 5.73 Å². The van der Waals surface area contributed by atoms with Crippen LogP contribution in [0.25, 0.3) is 0 Å². The quantitative estimate of drug-likeness (QED) is 0.874. The maximum atomic E-state index is 13.0. The van der Waals surface area contributed by atoms with Crippen molar-refractivity contribution in [2.75, 3.05) is 5.73 Å². The Labute approximate surface area is 114 Å². The third kappa shape index (κ3) is 3.20. The first-order valence-corrected chi connectivity index (χ1v) is 7.29. The molecule has 0 fully saturated rings. The minimum absolute atomic E-state index is 0.268. The van der Waals surface area contributed by atoms with Gasteiger partial charge in [-0.1, -0.05) is 6.07 Å². The number of hydrogen-bond acceptors (Lipinski definition) is 2. The van der Waals surface area contributed by atoms with Crippen LogP contribution >= 0.6 is 0 Å². The largest absolute Gasteiger partial charge is 0.399 e. The number of rotatable bonds is 3. The van der Waals surface area contributed by atoms with Crippen molar-refractivity contribution in [3.8, 4) is 0 Å². The van der Waals surface area contributed by atoms with Gasteiger partial charge in [-0.15, -0.1) is 0 Å². The van der Waals surface area contributed by atoms with Crippen LogP contribution in [0.2, 0.25) is 0 Å². The highest BCUT2D eigenvalue weighted by Gasteiger charge is 2.10. The molecule has 1 atom stereocenters. The van der Waals surface area contributed by atoms with Gasteiger partial charge in [-0.2, -0.15) is 0 Å². The van der Waals surface area contributed by atoms with Gasteiger partial charge in [0.2, 0.25) is 0 Å². The van der Waals surface area contributed by atoms with E-state index in [-0.39, 0.29) is 5.82 Å². The highest BCUT2D eigenvalue weighted by molar-refractivity contribution is 7.84. The van der Waals surface area contributed by atoms with Crippen LogP contribution in [0.3, 0.4) is 0 Å². The molecule has 0 saturated heterocycles. The number of nitrogens with two attached hydrogens (primary N) is 1. The molecule has 2 N–H and O–H groups in total. The molecule has 0 aliphatic carbocycles. The molecule has 0 radical (unpaired) electrons. The summed E-state index contributed by atoms with van der Waals surface area (Å²) in [5, 5.41) is 0. The smallest absolute Gasteiger partial charge is 0.123 e. The highest BCUT2D eigenvalue weighted by atomic mass is 32.2. The maximum Gasteiger partial charge on any atom is 0.123 e. The molecule has 4 heteroatoms. The molecule has 2 aromatic rings. The van der Waals surface area contributed by atoms with Gasteiger partial charge in [0.25, 0.3) is 0 Å². The molecule has 2 nitrogen and oxygen atoms in total. The van der Waals surface area contributed by atoms with Crippen LogP contribution in [-0.4, -0.2) is 4.21 Å². The van der Waals surface area contributed by atoms with Gasteiger partial charge < -0.3 is 5.73 Å². The fraction of sp³-hybridized carbons (Fsp3) is 0.200. The normalized spacial score (nSPS) is 12.4. The van der Waals surface area contributed by atoms with Crippen molar-refractivity contribution in [2.45, 2.75) is 24.5 Å². The van der Waals surface area contributed by atoms with Crippen LogP contribution in [-0.2, 0) is 16.6 Å². The summed E-state index contributed by atoms with van der Waals surface area (Å²) in [6.45, 7) is 3.71. The summed E-state index contributed by atoms with van der Waals surface area (Å²) in [7, 11) is -1.15. The number of anilines is 1. The molecule has 2 rings (SSSR count). The van der Waals surface area contributed by atoms with Crippen molar-refractivity contribution < 1.29 is 8.60 Å². The molecule has 0 amide bonds. The molecule has 0 spiro atoms. The van der Waals surface area contributed by atoms with Crippen LogP contribution in [0.1, 0.15) is 16.7 Å². The Morgan fingerprint density at radius 2 is 1.84 bits per heavy atom. The molecule has 0 saturated carbocycles. The van der Waals surface area contributed by atoms with Crippen molar-refractivity contribution in [1.82, 2.24) is 0 Å². The monoisotopic (exact) mass is 277 g/mol. The Kier molecular flexibility index (Phi) is 4.00. The Morgan fingerprint density at radius 1 is 1.11 bits per heavy atom. The summed E-state index contributed by atoms with van der Waals surface area (Å²) in [5.74, 6) is 0.118. The van der Waals surface area contributed by atoms with Crippen LogP contribution in [0.5, 0.6) is 0 Å². The molecular weight excluding hydrogens is 261 g/mol. The van der Waals surface area contributed by atoms with Crippen LogP contribution in [0.15, 0.2) is 41.3 Å². The lowest BCUT2D eigenvalue weighted by Crippen LogP contribution is -2.01. The molecule has 0 aliphatic rings. The van der Waals surface area contributed by atoms with Crippen LogP contribution in [0, 0.1) is 19.7 Å². The Morgan fingerprint density at radius 3 is 2.47 bits per heavy atom. The van der Waals surface area contributed by atoms with Gasteiger partial charge in [-0.25, -0.2) is 4.39 Å². The number of nitrogen functional groups attached to an aromatic ring is 1. The van der Waals surface area contributed by atoms with E-state index in [2.05, 4.69) is 0 Å². The summed E-state index contributed by atoms with van der Waals surface area (Å²) in [6.07, 6.45) is 0. The Bertz CT molecular complexity index is 640. The van der Waals surface area contributed by atoms with Gasteiger partial charge in [-0.3, -0.25) is 4.21 Å². The van der Waals surface area contributed by atoms with Crippen molar-refractivity contribution in [3.63, 3.8) is 0 Å². The van der Waals surface area contributed by atoms with E-state index in [1.165, 1.54) is 12.1 Å². The van der Waals surface area contributed by atoms with E-state index in [0.29, 0.717) is 11.4 Å². The zero-order valence-corrected chi connectivity index (χ0v) is 11.8. The summed E-state index contributed by atoms with van der Waals surface area (Å²) < 4.78 is 25.4. The molecule has 2 aromatic carbocycles. The third-order valence-corrected chi connectivity index (χ3v) is 4.56. The van der Waals surface area contributed by atoms with Gasteiger partial charge in [-0.05, 0) is 60.9 Å². The van der Waals surface area contributed by atoms with Gasteiger partial charge in [0, 0.05) is 10.6 Å². The molecule has 0 aromatic heterocycles. The van der Waals surface area contributed by atoms with Crippen molar-refractivity contribution in [1.29, 1.82) is 0 Å². The number of halogens is 1. The fourth-order valence-corrected chi connectivity index (χ4v) is 3.37. The first-order chi connectivity index (χ1) is 8.97.